The van der Waals surface area contributed by atoms with Gasteiger partial charge in [0.1, 0.15) is 0 Å². The summed E-state index contributed by atoms with van der Waals surface area (Å²) < 4.78 is 0. The first kappa shape index (κ1) is 13.3. The lowest BCUT2D eigenvalue weighted by Gasteiger charge is -2.13. The third kappa shape index (κ3) is 2.93. The Balaban J connectivity index is 1.66. The highest BCUT2D eigenvalue weighted by Crippen LogP contribution is 2.12. The molecule has 1 unspecified atom stereocenters. The van der Waals surface area contributed by atoms with E-state index in [2.05, 4.69) is 15.3 Å². The van der Waals surface area contributed by atoms with Crippen molar-refractivity contribution in [1.82, 2.24) is 15.3 Å². The molecule has 0 aliphatic rings. The molecule has 0 radical (unpaired) electrons. The van der Waals surface area contributed by atoms with Gasteiger partial charge in [-0.25, -0.2) is 4.98 Å². The van der Waals surface area contributed by atoms with Crippen LogP contribution in [0.25, 0.3) is 11.0 Å². The van der Waals surface area contributed by atoms with E-state index in [1.165, 1.54) is 0 Å². The minimum atomic E-state index is -0.217. The van der Waals surface area contributed by atoms with E-state index in [0.29, 0.717) is 12.1 Å². The molecule has 0 spiro atoms. The van der Waals surface area contributed by atoms with Crippen molar-refractivity contribution in [3.05, 3.63) is 66.0 Å². The van der Waals surface area contributed by atoms with E-state index < -0.39 is 0 Å². The van der Waals surface area contributed by atoms with E-state index in [9.17, 15) is 4.79 Å². The fourth-order valence-electron chi connectivity index (χ4n) is 2.20. The molecular formula is C16H16N4O. The number of hydrogen-bond donors (Lipinski definition) is 3. The van der Waals surface area contributed by atoms with Crippen molar-refractivity contribution in [2.45, 2.75) is 6.04 Å². The van der Waals surface area contributed by atoms with Gasteiger partial charge >= 0.3 is 0 Å². The smallest absolute Gasteiger partial charge is 0.251 e. The van der Waals surface area contributed by atoms with Crippen molar-refractivity contribution in [3.8, 4) is 0 Å². The first-order valence-electron chi connectivity index (χ1n) is 6.76. The molecule has 1 amide bonds. The van der Waals surface area contributed by atoms with Crippen molar-refractivity contribution in [2.24, 2.45) is 5.73 Å². The summed E-state index contributed by atoms with van der Waals surface area (Å²) in [5.41, 5.74) is 9.34. The fraction of sp³-hybridized carbons (Fsp3) is 0.125. The van der Waals surface area contributed by atoms with Gasteiger partial charge in [0.05, 0.1) is 17.4 Å². The highest BCUT2D eigenvalue weighted by Gasteiger charge is 2.10. The molecule has 5 heteroatoms. The molecular weight excluding hydrogens is 264 g/mol. The highest BCUT2D eigenvalue weighted by molar-refractivity contribution is 5.97. The maximum atomic E-state index is 12.1. The molecule has 106 valence electrons. The van der Waals surface area contributed by atoms with Crippen LogP contribution < -0.4 is 11.1 Å². The first-order valence-corrected chi connectivity index (χ1v) is 6.76. The van der Waals surface area contributed by atoms with Gasteiger partial charge in [0.15, 0.2) is 0 Å². The van der Waals surface area contributed by atoms with Crippen LogP contribution in [0.5, 0.6) is 0 Å². The molecule has 0 saturated carbocycles. The highest BCUT2D eigenvalue weighted by atomic mass is 16.1. The van der Waals surface area contributed by atoms with Crippen molar-refractivity contribution in [1.29, 1.82) is 0 Å². The van der Waals surface area contributed by atoms with Crippen LogP contribution in [0.2, 0.25) is 0 Å². The number of fused-ring (bicyclic) bond motifs is 1. The number of benzene rings is 2. The van der Waals surface area contributed by atoms with E-state index in [4.69, 9.17) is 5.73 Å². The van der Waals surface area contributed by atoms with Gasteiger partial charge in [-0.2, -0.15) is 0 Å². The van der Waals surface area contributed by atoms with Gasteiger partial charge in [0.25, 0.3) is 5.91 Å². The molecule has 3 rings (SSSR count). The number of rotatable bonds is 4. The number of nitrogens with one attached hydrogen (secondary N) is 2. The maximum Gasteiger partial charge on any atom is 0.251 e. The minimum absolute atomic E-state index is 0.141. The normalized spacial score (nSPS) is 12.2. The Labute approximate surface area is 122 Å². The van der Waals surface area contributed by atoms with E-state index in [0.717, 1.165) is 16.6 Å². The summed E-state index contributed by atoms with van der Waals surface area (Å²) in [7, 11) is 0. The largest absolute Gasteiger partial charge is 0.350 e. The van der Waals surface area contributed by atoms with E-state index in [-0.39, 0.29) is 11.9 Å². The van der Waals surface area contributed by atoms with Crippen LogP contribution in [0.3, 0.4) is 0 Å². The number of H-pyrrole nitrogens is 1. The molecule has 0 saturated heterocycles. The van der Waals surface area contributed by atoms with Gasteiger partial charge in [-0.1, -0.05) is 30.3 Å². The number of carbonyl (C=O) groups is 1. The summed E-state index contributed by atoms with van der Waals surface area (Å²) in [6.07, 6.45) is 1.61. The van der Waals surface area contributed by atoms with E-state index >= 15 is 0 Å². The molecule has 0 fully saturated rings. The fourth-order valence-corrected chi connectivity index (χ4v) is 2.20. The predicted molar refractivity (Wildman–Crippen MR) is 81.8 cm³/mol. The third-order valence-electron chi connectivity index (χ3n) is 3.39. The third-order valence-corrected chi connectivity index (χ3v) is 3.39. The average molecular weight is 280 g/mol. The van der Waals surface area contributed by atoms with Crippen LogP contribution in [-0.4, -0.2) is 22.4 Å². The van der Waals surface area contributed by atoms with E-state index in [1.807, 2.05) is 36.4 Å². The number of carbonyl (C=O) groups excluding carboxylic acids is 1. The zero-order chi connectivity index (χ0) is 14.7. The van der Waals surface area contributed by atoms with Crippen molar-refractivity contribution < 1.29 is 4.79 Å². The van der Waals surface area contributed by atoms with Crippen LogP contribution in [0.1, 0.15) is 22.0 Å². The number of hydrogen-bond acceptors (Lipinski definition) is 3. The Morgan fingerprint density at radius 3 is 2.86 bits per heavy atom. The first-order chi connectivity index (χ1) is 10.2. The molecule has 2 aromatic carbocycles. The van der Waals surface area contributed by atoms with Gasteiger partial charge in [-0.3, -0.25) is 4.79 Å². The van der Waals surface area contributed by atoms with Crippen molar-refractivity contribution in [3.63, 3.8) is 0 Å². The lowest BCUT2D eigenvalue weighted by Crippen LogP contribution is -2.31. The Hall–Kier alpha value is -2.66. The lowest BCUT2D eigenvalue weighted by molar-refractivity contribution is 0.0951. The Bertz CT molecular complexity index is 751. The van der Waals surface area contributed by atoms with Crippen LogP contribution in [0.15, 0.2) is 54.9 Å². The summed E-state index contributed by atoms with van der Waals surface area (Å²) in [6, 6.07) is 14.9. The molecule has 0 aliphatic heterocycles. The van der Waals surface area contributed by atoms with Gasteiger partial charge in [0.2, 0.25) is 0 Å². The quantitative estimate of drug-likeness (QED) is 0.683. The summed E-state index contributed by atoms with van der Waals surface area (Å²) >= 11 is 0. The molecule has 21 heavy (non-hydrogen) atoms. The number of nitrogens with zero attached hydrogens (tertiary/aromatic N) is 1. The monoisotopic (exact) mass is 280 g/mol. The Morgan fingerprint density at radius 1 is 1.24 bits per heavy atom. The van der Waals surface area contributed by atoms with Gasteiger partial charge < -0.3 is 16.0 Å². The second-order valence-corrected chi connectivity index (χ2v) is 4.86. The second-order valence-electron chi connectivity index (χ2n) is 4.86. The summed E-state index contributed by atoms with van der Waals surface area (Å²) in [4.78, 5) is 19.3. The molecule has 5 nitrogen and oxygen atoms in total. The maximum absolute atomic E-state index is 12.1. The van der Waals surface area contributed by atoms with Crippen LogP contribution in [0.4, 0.5) is 0 Å². The topological polar surface area (TPSA) is 83.8 Å². The number of aromatic amines is 1. The van der Waals surface area contributed by atoms with Gasteiger partial charge in [-0.05, 0) is 23.8 Å². The van der Waals surface area contributed by atoms with E-state index in [1.54, 1.807) is 18.5 Å². The second kappa shape index (κ2) is 5.76. The molecule has 1 atom stereocenters. The molecule has 1 heterocycles. The zero-order valence-corrected chi connectivity index (χ0v) is 11.4. The van der Waals surface area contributed by atoms with Crippen LogP contribution >= 0.6 is 0 Å². The standard InChI is InChI=1S/C16H16N4O/c17-13(11-4-2-1-3-5-11)9-18-16(21)12-6-7-14-15(8-12)20-10-19-14/h1-8,10,13H,9,17H2,(H,18,21)(H,19,20). The zero-order valence-electron chi connectivity index (χ0n) is 11.4. The predicted octanol–water partition coefficient (Wildman–Crippen LogP) is 1.99. The average Bonchev–Trinajstić information content (AvgIpc) is 3.00. The number of aromatic nitrogens is 2. The SMILES string of the molecule is NC(CNC(=O)c1ccc2nc[nH]c2c1)c1ccccc1. The molecule has 4 N–H and O–H groups in total. The molecule has 1 aromatic heterocycles. The molecule has 0 bridgehead atoms. The number of imidazole rings is 1. The molecule has 3 aromatic rings. The van der Waals surface area contributed by atoms with Gasteiger partial charge in [-0.15, -0.1) is 0 Å². The summed E-state index contributed by atoms with van der Waals surface area (Å²) in [5, 5.41) is 2.86. The number of amides is 1. The lowest BCUT2D eigenvalue weighted by atomic mass is 10.1. The van der Waals surface area contributed by atoms with Crippen LogP contribution in [-0.2, 0) is 0 Å². The Kier molecular flexibility index (Phi) is 3.66. The van der Waals surface area contributed by atoms with Gasteiger partial charge in [0, 0.05) is 18.2 Å². The Morgan fingerprint density at radius 2 is 2.05 bits per heavy atom. The van der Waals surface area contributed by atoms with Crippen LogP contribution in [0, 0.1) is 0 Å². The van der Waals surface area contributed by atoms with Crippen molar-refractivity contribution in [2.75, 3.05) is 6.54 Å². The summed E-state index contributed by atoms with van der Waals surface area (Å²) in [6.45, 7) is 0.393. The molecule has 0 aliphatic carbocycles. The summed E-state index contributed by atoms with van der Waals surface area (Å²) in [5.74, 6) is -0.141. The minimum Gasteiger partial charge on any atom is -0.350 e. The number of nitrogens with two attached hydrogens (primary N) is 1. The van der Waals surface area contributed by atoms with Crippen molar-refractivity contribution >= 4 is 16.9 Å².